The Hall–Kier alpha value is -1.40. The van der Waals surface area contributed by atoms with E-state index in [0.29, 0.717) is 31.3 Å². The van der Waals surface area contributed by atoms with Gasteiger partial charge in [0, 0.05) is 13.7 Å². The number of aliphatic hydroxyl groups is 1. The molecule has 0 aromatic carbocycles. The van der Waals surface area contributed by atoms with Crippen molar-refractivity contribution in [1.82, 2.24) is 9.97 Å². The summed E-state index contributed by atoms with van der Waals surface area (Å²) < 4.78 is 9.75. The molecule has 6 nitrogen and oxygen atoms in total. The number of rotatable bonds is 7. The molecule has 0 fully saturated rings. The van der Waals surface area contributed by atoms with E-state index in [4.69, 9.17) is 9.47 Å². The minimum absolute atomic E-state index is 0.338. The molecule has 90 valence electrons. The number of hydrogen-bond acceptors (Lipinski definition) is 6. The molecule has 0 aliphatic rings. The van der Waals surface area contributed by atoms with E-state index in [1.54, 1.807) is 26.6 Å². The second kappa shape index (κ2) is 6.97. The molecule has 2 N–H and O–H groups in total. The van der Waals surface area contributed by atoms with Crippen LogP contribution in [0.5, 0.6) is 5.75 Å². The van der Waals surface area contributed by atoms with Gasteiger partial charge in [-0.05, 0) is 6.42 Å². The third kappa shape index (κ3) is 4.41. The van der Waals surface area contributed by atoms with Crippen LogP contribution in [0.2, 0.25) is 0 Å². The maximum absolute atomic E-state index is 9.38. The van der Waals surface area contributed by atoms with Crippen molar-refractivity contribution in [2.75, 3.05) is 32.7 Å². The topological polar surface area (TPSA) is 76.5 Å². The van der Waals surface area contributed by atoms with Gasteiger partial charge in [-0.3, -0.25) is 0 Å². The van der Waals surface area contributed by atoms with Crippen LogP contribution < -0.4 is 10.1 Å². The Balaban J connectivity index is 2.26. The van der Waals surface area contributed by atoms with Crippen LogP contribution in [0.15, 0.2) is 12.4 Å². The quantitative estimate of drug-likeness (QED) is 0.697. The smallest absolute Gasteiger partial charge is 0.222 e. The third-order valence-electron chi connectivity index (χ3n) is 1.98. The van der Waals surface area contributed by atoms with Crippen molar-refractivity contribution >= 4 is 5.95 Å². The molecular formula is C10H17N3O3. The van der Waals surface area contributed by atoms with Crippen molar-refractivity contribution in [2.24, 2.45) is 0 Å². The minimum Gasteiger partial charge on any atom is -0.494 e. The van der Waals surface area contributed by atoms with Crippen molar-refractivity contribution in [3.8, 4) is 5.75 Å². The Morgan fingerprint density at radius 1 is 1.38 bits per heavy atom. The monoisotopic (exact) mass is 227 g/mol. The summed E-state index contributed by atoms with van der Waals surface area (Å²) in [5, 5.41) is 12.4. The molecule has 1 heterocycles. The van der Waals surface area contributed by atoms with Crippen LogP contribution >= 0.6 is 0 Å². The van der Waals surface area contributed by atoms with Gasteiger partial charge in [0.15, 0.2) is 5.75 Å². The fourth-order valence-corrected chi connectivity index (χ4v) is 1.14. The van der Waals surface area contributed by atoms with Crippen LogP contribution in [0.3, 0.4) is 0 Å². The predicted molar refractivity (Wildman–Crippen MR) is 59.6 cm³/mol. The van der Waals surface area contributed by atoms with Gasteiger partial charge in [0.05, 0.1) is 32.2 Å². The Morgan fingerprint density at radius 2 is 2.06 bits per heavy atom. The normalized spacial score (nSPS) is 12.2. The number of aliphatic hydroxyl groups excluding tert-OH is 1. The predicted octanol–water partition coefficient (Wildman–Crippen LogP) is 0.294. The molecule has 0 amide bonds. The van der Waals surface area contributed by atoms with Crippen molar-refractivity contribution in [2.45, 2.75) is 12.5 Å². The number of nitrogens with zero attached hydrogens (tertiary/aromatic N) is 2. The number of nitrogens with one attached hydrogen (secondary N) is 1. The van der Waals surface area contributed by atoms with E-state index >= 15 is 0 Å². The fraction of sp³-hybridized carbons (Fsp3) is 0.600. The zero-order valence-electron chi connectivity index (χ0n) is 9.51. The summed E-state index contributed by atoms with van der Waals surface area (Å²) in [6, 6.07) is 0. The fourth-order valence-electron chi connectivity index (χ4n) is 1.14. The summed E-state index contributed by atoms with van der Waals surface area (Å²) in [7, 11) is 3.12. The highest BCUT2D eigenvalue weighted by Gasteiger charge is 2.03. The summed E-state index contributed by atoms with van der Waals surface area (Å²) in [5.74, 6) is 1.13. The molecule has 0 saturated heterocycles. The molecule has 0 radical (unpaired) electrons. The first kappa shape index (κ1) is 12.7. The Labute approximate surface area is 94.6 Å². The Kier molecular flexibility index (Phi) is 5.52. The van der Waals surface area contributed by atoms with Gasteiger partial charge in [-0.25, -0.2) is 9.97 Å². The van der Waals surface area contributed by atoms with Gasteiger partial charge in [0.1, 0.15) is 0 Å². The van der Waals surface area contributed by atoms with Crippen LogP contribution in [0, 0.1) is 0 Å². The molecule has 1 rings (SSSR count). The van der Waals surface area contributed by atoms with Gasteiger partial charge < -0.3 is 19.9 Å². The maximum Gasteiger partial charge on any atom is 0.222 e. The highest BCUT2D eigenvalue weighted by molar-refractivity contribution is 5.26. The molecule has 6 heteroatoms. The number of anilines is 1. The van der Waals surface area contributed by atoms with Gasteiger partial charge in [-0.2, -0.15) is 0 Å². The summed E-state index contributed by atoms with van der Waals surface area (Å²) in [5.41, 5.74) is 0. The lowest BCUT2D eigenvalue weighted by atomic mass is 10.3. The summed E-state index contributed by atoms with van der Waals surface area (Å²) >= 11 is 0. The number of methoxy groups -OCH3 is 2. The van der Waals surface area contributed by atoms with Crippen molar-refractivity contribution in [1.29, 1.82) is 0 Å². The molecule has 1 aromatic rings. The van der Waals surface area contributed by atoms with Gasteiger partial charge >= 0.3 is 0 Å². The van der Waals surface area contributed by atoms with E-state index in [9.17, 15) is 5.11 Å². The molecule has 0 aliphatic carbocycles. The highest BCUT2D eigenvalue weighted by atomic mass is 16.5. The number of ether oxygens (including phenoxy) is 2. The van der Waals surface area contributed by atoms with E-state index in [2.05, 4.69) is 15.3 Å². The van der Waals surface area contributed by atoms with E-state index in [-0.39, 0.29) is 0 Å². The van der Waals surface area contributed by atoms with E-state index in [0.717, 1.165) is 0 Å². The summed E-state index contributed by atoms with van der Waals surface area (Å²) in [6.45, 7) is 0.933. The SMILES string of the molecule is COCC(O)CCNc1ncc(OC)cn1. The zero-order chi connectivity index (χ0) is 11.8. The van der Waals surface area contributed by atoms with Crippen molar-refractivity contribution in [3.63, 3.8) is 0 Å². The highest BCUT2D eigenvalue weighted by Crippen LogP contribution is 2.07. The average Bonchev–Trinajstić information content (AvgIpc) is 2.30. The average molecular weight is 227 g/mol. The van der Waals surface area contributed by atoms with Crippen LogP contribution in [0.1, 0.15) is 6.42 Å². The molecule has 0 spiro atoms. The largest absolute Gasteiger partial charge is 0.494 e. The Morgan fingerprint density at radius 3 is 2.62 bits per heavy atom. The Bertz CT molecular complexity index is 292. The van der Waals surface area contributed by atoms with Crippen LogP contribution in [-0.2, 0) is 4.74 Å². The lowest BCUT2D eigenvalue weighted by molar-refractivity contribution is 0.0615. The van der Waals surface area contributed by atoms with Crippen LogP contribution in [0.4, 0.5) is 5.95 Å². The standard InChI is InChI=1S/C10H17N3O3/c1-15-7-8(14)3-4-11-10-12-5-9(16-2)6-13-10/h5-6,8,14H,3-4,7H2,1-2H3,(H,11,12,13). The third-order valence-corrected chi connectivity index (χ3v) is 1.98. The molecule has 0 saturated carbocycles. The van der Waals surface area contributed by atoms with E-state index in [1.807, 2.05) is 0 Å². The molecule has 0 bridgehead atoms. The number of aromatic nitrogens is 2. The van der Waals surface area contributed by atoms with Gasteiger partial charge in [0.2, 0.25) is 5.95 Å². The van der Waals surface area contributed by atoms with Crippen LogP contribution in [-0.4, -0.2) is 48.5 Å². The maximum atomic E-state index is 9.38. The molecule has 1 atom stereocenters. The molecule has 0 aliphatic heterocycles. The number of hydrogen-bond donors (Lipinski definition) is 2. The first-order valence-electron chi connectivity index (χ1n) is 5.03. The lowest BCUT2D eigenvalue weighted by Gasteiger charge is -2.09. The van der Waals surface area contributed by atoms with Gasteiger partial charge in [-0.1, -0.05) is 0 Å². The first-order valence-corrected chi connectivity index (χ1v) is 5.03. The van der Waals surface area contributed by atoms with Gasteiger partial charge in [0.25, 0.3) is 0 Å². The minimum atomic E-state index is -0.462. The van der Waals surface area contributed by atoms with Crippen molar-refractivity contribution in [3.05, 3.63) is 12.4 Å². The second-order valence-electron chi connectivity index (χ2n) is 3.27. The van der Waals surface area contributed by atoms with Crippen molar-refractivity contribution < 1.29 is 14.6 Å². The summed E-state index contributed by atoms with van der Waals surface area (Å²) in [6.07, 6.45) is 3.29. The first-order chi connectivity index (χ1) is 7.76. The molecule has 16 heavy (non-hydrogen) atoms. The van der Waals surface area contributed by atoms with Crippen LogP contribution in [0.25, 0.3) is 0 Å². The lowest BCUT2D eigenvalue weighted by Crippen LogP contribution is -2.18. The molecular weight excluding hydrogens is 210 g/mol. The second-order valence-corrected chi connectivity index (χ2v) is 3.27. The van der Waals surface area contributed by atoms with Gasteiger partial charge in [-0.15, -0.1) is 0 Å². The zero-order valence-corrected chi connectivity index (χ0v) is 9.51. The summed E-state index contributed by atoms with van der Waals surface area (Å²) in [4.78, 5) is 8.06. The van der Waals surface area contributed by atoms with E-state index in [1.165, 1.54) is 0 Å². The molecule has 1 aromatic heterocycles. The van der Waals surface area contributed by atoms with E-state index < -0.39 is 6.10 Å². The molecule has 1 unspecified atom stereocenters.